The molecule has 0 bridgehead atoms. The zero-order chi connectivity index (χ0) is 22.5. The minimum Gasteiger partial charge on any atom is -0.489 e. The number of fused-ring (bicyclic) bond motifs is 2. The average Bonchev–Trinajstić information content (AvgIpc) is 2.82. The number of carbonyl (C=O) groups excluding carboxylic acids is 2. The van der Waals surface area contributed by atoms with Gasteiger partial charge in [-0.05, 0) is 35.9 Å². The minimum atomic E-state index is -0.477. The van der Waals surface area contributed by atoms with Gasteiger partial charge in [-0.1, -0.05) is 6.07 Å². The third kappa shape index (κ3) is 4.47. The van der Waals surface area contributed by atoms with Crippen molar-refractivity contribution in [1.29, 1.82) is 0 Å². The van der Waals surface area contributed by atoms with Crippen LogP contribution >= 0.6 is 0 Å². The molecule has 1 aromatic carbocycles. The average molecular weight is 432 g/mol. The molecule has 1 N–H and O–H groups in total. The number of aromatic nitrogens is 3. The summed E-state index contributed by atoms with van der Waals surface area (Å²) in [6.45, 7) is 0.887. The predicted molar refractivity (Wildman–Crippen MR) is 117 cm³/mol. The lowest BCUT2D eigenvalue weighted by molar-refractivity contribution is 0.0945. The summed E-state index contributed by atoms with van der Waals surface area (Å²) in [5.74, 6) is 0.0403. The second-order valence-corrected chi connectivity index (χ2v) is 6.98. The van der Waals surface area contributed by atoms with Gasteiger partial charge in [0.2, 0.25) is 0 Å². The number of carbonyl (C=O) groups is 2. The molecule has 3 aromatic heterocycles. The van der Waals surface area contributed by atoms with E-state index in [0.29, 0.717) is 41.1 Å². The van der Waals surface area contributed by atoms with Gasteiger partial charge in [0.05, 0.1) is 6.61 Å². The van der Waals surface area contributed by atoms with Crippen LogP contribution in [-0.4, -0.2) is 46.9 Å². The summed E-state index contributed by atoms with van der Waals surface area (Å²) in [7, 11) is 1.58. The fourth-order valence-electron chi connectivity index (χ4n) is 3.25. The van der Waals surface area contributed by atoms with Gasteiger partial charge in [0.25, 0.3) is 11.5 Å². The summed E-state index contributed by atoms with van der Waals surface area (Å²) in [5.41, 5.74) is 1.85. The minimum absolute atomic E-state index is 0.0310. The van der Waals surface area contributed by atoms with Crippen LogP contribution in [0.5, 0.6) is 5.75 Å². The van der Waals surface area contributed by atoms with Gasteiger partial charge in [-0.25, -0.2) is 4.98 Å². The molecule has 3 heterocycles. The number of hydrogen-bond acceptors (Lipinski definition) is 7. The number of pyridine rings is 2. The van der Waals surface area contributed by atoms with Crippen LogP contribution in [0.15, 0.2) is 59.7 Å². The summed E-state index contributed by atoms with van der Waals surface area (Å²) in [6.07, 6.45) is 3.79. The number of ether oxygens (including phenoxy) is 2. The Kier molecular flexibility index (Phi) is 6.18. The van der Waals surface area contributed by atoms with Crippen LogP contribution in [-0.2, 0) is 11.3 Å². The molecule has 0 spiro atoms. The first-order valence-electron chi connectivity index (χ1n) is 9.85. The SMILES string of the molecule is COCCOc1cc(CNC(=O)c2cc(=O)n3ccccc3n2)cc2cc(C=O)cnc12. The standard InChI is InChI=1S/C23H20N4O5/c1-31-6-7-32-19-10-15(8-17-9-16(14-28)13-24-22(17)19)12-25-23(30)18-11-21(29)27-5-3-2-4-20(27)26-18/h2-5,8-11,13-14H,6-7,12H2,1H3,(H,25,30). The third-order valence-corrected chi connectivity index (χ3v) is 4.77. The molecule has 0 aliphatic rings. The van der Waals surface area contributed by atoms with Gasteiger partial charge in [-0.3, -0.25) is 23.8 Å². The highest BCUT2D eigenvalue weighted by molar-refractivity contribution is 5.93. The summed E-state index contributed by atoms with van der Waals surface area (Å²) >= 11 is 0. The van der Waals surface area contributed by atoms with Gasteiger partial charge in [0.15, 0.2) is 6.29 Å². The van der Waals surface area contributed by atoms with Crippen molar-refractivity contribution in [2.45, 2.75) is 6.54 Å². The Balaban J connectivity index is 1.59. The molecule has 162 valence electrons. The van der Waals surface area contributed by atoms with E-state index in [1.54, 1.807) is 43.6 Å². The zero-order valence-corrected chi connectivity index (χ0v) is 17.3. The maximum Gasteiger partial charge on any atom is 0.270 e. The first-order chi connectivity index (χ1) is 15.6. The van der Waals surface area contributed by atoms with E-state index in [2.05, 4.69) is 15.3 Å². The van der Waals surface area contributed by atoms with E-state index in [4.69, 9.17) is 9.47 Å². The first-order valence-corrected chi connectivity index (χ1v) is 9.85. The zero-order valence-electron chi connectivity index (χ0n) is 17.3. The fourth-order valence-corrected chi connectivity index (χ4v) is 3.25. The van der Waals surface area contributed by atoms with E-state index in [-0.39, 0.29) is 17.8 Å². The second kappa shape index (κ2) is 9.36. The Bertz CT molecular complexity index is 1370. The Morgan fingerprint density at radius 2 is 2.06 bits per heavy atom. The highest BCUT2D eigenvalue weighted by Gasteiger charge is 2.12. The van der Waals surface area contributed by atoms with E-state index in [0.717, 1.165) is 11.8 Å². The Morgan fingerprint density at radius 3 is 2.88 bits per heavy atom. The maximum atomic E-state index is 12.6. The van der Waals surface area contributed by atoms with Crippen molar-refractivity contribution in [3.8, 4) is 5.75 Å². The summed E-state index contributed by atoms with van der Waals surface area (Å²) in [5, 5.41) is 3.48. The van der Waals surface area contributed by atoms with E-state index < -0.39 is 5.91 Å². The molecule has 32 heavy (non-hydrogen) atoms. The fraction of sp³-hybridized carbons (Fsp3) is 0.174. The number of benzene rings is 1. The molecule has 4 rings (SSSR count). The molecular formula is C23H20N4O5. The quantitative estimate of drug-likeness (QED) is 0.335. The number of rotatable bonds is 8. The highest BCUT2D eigenvalue weighted by atomic mass is 16.5. The number of hydrogen-bond donors (Lipinski definition) is 1. The first kappa shape index (κ1) is 21.1. The van der Waals surface area contributed by atoms with Gasteiger partial charge < -0.3 is 14.8 Å². The molecule has 0 fully saturated rings. The molecule has 0 radical (unpaired) electrons. The van der Waals surface area contributed by atoms with E-state index in [1.165, 1.54) is 16.7 Å². The van der Waals surface area contributed by atoms with E-state index >= 15 is 0 Å². The van der Waals surface area contributed by atoms with Crippen molar-refractivity contribution in [2.24, 2.45) is 0 Å². The monoisotopic (exact) mass is 432 g/mol. The van der Waals surface area contributed by atoms with Gasteiger partial charge in [0, 0.05) is 43.1 Å². The van der Waals surface area contributed by atoms with Crippen molar-refractivity contribution in [3.05, 3.63) is 82.0 Å². The molecule has 0 saturated carbocycles. The molecule has 0 atom stereocenters. The second-order valence-electron chi connectivity index (χ2n) is 6.98. The number of nitrogens with one attached hydrogen (secondary N) is 1. The highest BCUT2D eigenvalue weighted by Crippen LogP contribution is 2.26. The molecule has 1 amide bonds. The van der Waals surface area contributed by atoms with Crippen LogP contribution in [0.25, 0.3) is 16.6 Å². The van der Waals surface area contributed by atoms with E-state index in [9.17, 15) is 14.4 Å². The van der Waals surface area contributed by atoms with Crippen molar-refractivity contribution < 1.29 is 19.1 Å². The van der Waals surface area contributed by atoms with Gasteiger partial charge in [0.1, 0.15) is 29.2 Å². The Hall–Kier alpha value is -4.11. The Morgan fingerprint density at radius 1 is 1.19 bits per heavy atom. The van der Waals surface area contributed by atoms with Crippen LogP contribution in [0.2, 0.25) is 0 Å². The molecule has 4 aromatic rings. The largest absolute Gasteiger partial charge is 0.489 e. The van der Waals surface area contributed by atoms with Gasteiger partial charge >= 0.3 is 0 Å². The van der Waals surface area contributed by atoms with Gasteiger partial charge in [-0.2, -0.15) is 0 Å². The van der Waals surface area contributed by atoms with E-state index in [1.807, 2.05) is 6.07 Å². The van der Waals surface area contributed by atoms with Crippen molar-refractivity contribution >= 4 is 28.7 Å². The Labute approximate surface area is 182 Å². The molecule has 9 heteroatoms. The maximum absolute atomic E-state index is 12.6. The molecule has 0 saturated heterocycles. The molecule has 0 unspecified atom stereocenters. The smallest absolute Gasteiger partial charge is 0.270 e. The van der Waals surface area contributed by atoms with Crippen molar-refractivity contribution in [1.82, 2.24) is 19.7 Å². The van der Waals surface area contributed by atoms with Crippen LogP contribution in [0.4, 0.5) is 0 Å². The molecular weight excluding hydrogens is 412 g/mol. The number of nitrogens with zero attached hydrogens (tertiary/aromatic N) is 3. The normalized spacial score (nSPS) is 10.9. The lowest BCUT2D eigenvalue weighted by Gasteiger charge is -2.12. The lowest BCUT2D eigenvalue weighted by atomic mass is 10.1. The summed E-state index contributed by atoms with van der Waals surface area (Å²) in [4.78, 5) is 44.6. The number of methoxy groups -OCH3 is 1. The summed E-state index contributed by atoms with van der Waals surface area (Å²) in [6, 6.07) is 11.6. The lowest BCUT2D eigenvalue weighted by Crippen LogP contribution is -2.27. The molecule has 9 nitrogen and oxygen atoms in total. The van der Waals surface area contributed by atoms with Gasteiger partial charge in [-0.15, -0.1) is 0 Å². The van der Waals surface area contributed by atoms with Crippen LogP contribution in [0.3, 0.4) is 0 Å². The third-order valence-electron chi connectivity index (χ3n) is 4.77. The predicted octanol–water partition coefficient (Wildman–Crippen LogP) is 2.01. The van der Waals surface area contributed by atoms with Crippen LogP contribution in [0, 0.1) is 0 Å². The van der Waals surface area contributed by atoms with Crippen LogP contribution in [0.1, 0.15) is 26.4 Å². The summed E-state index contributed by atoms with van der Waals surface area (Å²) < 4.78 is 12.2. The topological polar surface area (TPSA) is 112 Å². The van der Waals surface area contributed by atoms with Crippen molar-refractivity contribution in [3.63, 3.8) is 0 Å². The number of amides is 1. The van der Waals surface area contributed by atoms with Crippen LogP contribution < -0.4 is 15.6 Å². The molecule has 0 aliphatic heterocycles. The number of aldehydes is 1. The van der Waals surface area contributed by atoms with Crippen molar-refractivity contribution in [2.75, 3.05) is 20.3 Å². The molecule has 0 aliphatic carbocycles.